The summed E-state index contributed by atoms with van der Waals surface area (Å²) < 4.78 is 10.7. The maximum Gasteiger partial charge on any atom is 0.319 e. The fourth-order valence-corrected chi connectivity index (χ4v) is 2.47. The van der Waals surface area contributed by atoms with Gasteiger partial charge < -0.3 is 20.1 Å². The maximum atomic E-state index is 12.3. The monoisotopic (exact) mass is 316 g/mol. The van der Waals surface area contributed by atoms with E-state index in [0.717, 1.165) is 0 Å². The molecule has 23 heavy (non-hydrogen) atoms. The number of rotatable bonds is 6. The first kappa shape index (κ1) is 16.6. The fraction of sp³-hybridized carbons (Fsp3) is 0.294. The van der Waals surface area contributed by atoms with Gasteiger partial charge in [0.05, 0.1) is 12.6 Å². The van der Waals surface area contributed by atoms with Crippen LogP contribution in [0.4, 0.5) is 4.79 Å². The molecule has 0 spiro atoms. The number of ether oxygens (including phenoxy) is 2. The third kappa shape index (κ3) is 3.71. The Morgan fingerprint density at radius 1 is 1.39 bits per heavy atom. The third-order valence-electron chi connectivity index (χ3n) is 3.42. The first-order valence-corrected chi connectivity index (χ1v) is 7.34. The van der Waals surface area contributed by atoms with Gasteiger partial charge >= 0.3 is 12.0 Å². The number of urea groups is 1. The minimum atomic E-state index is -0.735. The minimum absolute atomic E-state index is 0.248. The molecule has 1 fully saturated rings. The van der Waals surface area contributed by atoms with E-state index in [2.05, 4.69) is 23.8 Å². The van der Waals surface area contributed by atoms with Crippen molar-refractivity contribution in [3.8, 4) is 5.75 Å². The van der Waals surface area contributed by atoms with E-state index in [1.165, 1.54) is 0 Å². The van der Waals surface area contributed by atoms with Crippen LogP contribution in [0.25, 0.3) is 0 Å². The molecule has 6 heteroatoms. The molecule has 1 saturated heterocycles. The predicted octanol–water partition coefficient (Wildman–Crippen LogP) is 2.30. The molecule has 1 heterocycles. The highest BCUT2D eigenvalue weighted by Gasteiger charge is 2.39. The fourth-order valence-electron chi connectivity index (χ4n) is 2.47. The molecule has 6 nitrogen and oxygen atoms in total. The first-order valence-electron chi connectivity index (χ1n) is 7.34. The summed E-state index contributed by atoms with van der Waals surface area (Å²) in [6.07, 6.45) is 1.62. The quantitative estimate of drug-likeness (QED) is 0.623. The smallest absolute Gasteiger partial charge is 0.319 e. The van der Waals surface area contributed by atoms with Crippen LogP contribution in [0, 0.1) is 5.92 Å². The van der Waals surface area contributed by atoms with E-state index in [9.17, 15) is 9.59 Å². The number of para-hydroxylation sites is 1. The van der Waals surface area contributed by atoms with Gasteiger partial charge in [0.2, 0.25) is 0 Å². The Hall–Kier alpha value is -2.76. The van der Waals surface area contributed by atoms with Crippen LogP contribution in [0.1, 0.15) is 18.5 Å². The summed E-state index contributed by atoms with van der Waals surface area (Å²) in [4.78, 5) is 24.1. The van der Waals surface area contributed by atoms with Crippen LogP contribution in [0.15, 0.2) is 49.2 Å². The van der Waals surface area contributed by atoms with Gasteiger partial charge in [-0.25, -0.2) is 4.79 Å². The number of carbonyl (C=O) groups is 2. The van der Waals surface area contributed by atoms with Gasteiger partial charge in [0.25, 0.3) is 0 Å². The number of hydrogen-bond donors (Lipinski definition) is 2. The average molecular weight is 316 g/mol. The molecular formula is C17H20N2O4. The Labute approximate surface area is 135 Å². The first-order chi connectivity index (χ1) is 11.1. The number of esters is 1. The number of nitrogens with one attached hydrogen (secondary N) is 2. The summed E-state index contributed by atoms with van der Waals surface area (Å²) >= 11 is 0. The molecule has 0 unspecified atom stereocenters. The van der Waals surface area contributed by atoms with E-state index in [1.54, 1.807) is 25.1 Å². The molecule has 2 rings (SSSR count). The molecule has 122 valence electrons. The van der Waals surface area contributed by atoms with Gasteiger partial charge in [0, 0.05) is 11.3 Å². The normalized spacial score (nSPS) is 20.2. The highest BCUT2D eigenvalue weighted by atomic mass is 16.5. The molecule has 0 aliphatic carbocycles. The van der Waals surface area contributed by atoms with Gasteiger partial charge in [-0.3, -0.25) is 4.79 Å². The zero-order chi connectivity index (χ0) is 16.8. The standard InChI is InChI=1S/C17H20N2O4/c1-4-10-23-13-9-7-6-8-12(13)15-14(16(20)22-5-2)11(3)18-17(21)19-15/h4,6-9,14-15H,1,3,5,10H2,2H3,(H2,18,19,21)/t14-,15+/m1/s1. The Balaban J connectivity index is 2.39. The Morgan fingerprint density at radius 2 is 2.13 bits per heavy atom. The number of hydrogen-bond acceptors (Lipinski definition) is 4. The summed E-state index contributed by atoms with van der Waals surface area (Å²) in [7, 11) is 0. The van der Waals surface area contributed by atoms with E-state index in [-0.39, 0.29) is 6.61 Å². The van der Waals surface area contributed by atoms with Gasteiger partial charge in [-0.05, 0) is 13.0 Å². The summed E-state index contributed by atoms with van der Waals surface area (Å²) in [6, 6.07) is 6.18. The molecule has 2 atom stereocenters. The SMILES string of the molecule is C=CCOc1ccccc1[C@@H]1NC(=O)NC(=C)[C@H]1C(=O)OCC. The van der Waals surface area contributed by atoms with Crippen molar-refractivity contribution in [2.45, 2.75) is 13.0 Å². The van der Waals surface area contributed by atoms with Crippen LogP contribution in [0.5, 0.6) is 5.75 Å². The molecule has 0 aromatic heterocycles. The molecule has 2 N–H and O–H groups in total. The second-order valence-corrected chi connectivity index (χ2v) is 4.97. The maximum absolute atomic E-state index is 12.3. The second kappa shape index (κ2) is 7.49. The highest BCUT2D eigenvalue weighted by Crippen LogP contribution is 2.35. The molecule has 2 amide bonds. The van der Waals surface area contributed by atoms with Crippen LogP contribution in [0.3, 0.4) is 0 Å². The molecule has 1 aliphatic rings. The van der Waals surface area contributed by atoms with E-state index in [4.69, 9.17) is 9.47 Å². The summed E-state index contributed by atoms with van der Waals surface area (Å²) in [5.74, 6) is -0.614. The lowest BCUT2D eigenvalue weighted by Crippen LogP contribution is -2.51. The van der Waals surface area contributed by atoms with Gasteiger partial charge in [-0.2, -0.15) is 0 Å². The molecule has 1 aliphatic heterocycles. The molecule has 0 radical (unpaired) electrons. The van der Waals surface area contributed by atoms with E-state index < -0.39 is 24.0 Å². The second-order valence-electron chi connectivity index (χ2n) is 4.97. The predicted molar refractivity (Wildman–Crippen MR) is 85.8 cm³/mol. The lowest BCUT2D eigenvalue weighted by molar-refractivity contribution is -0.147. The number of benzene rings is 1. The van der Waals surface area contributed by atoms with Crippen LogP contribution >= 0.6 is 0 Å². The highest BCUT2D eigenvalue weighted by molar-refractivity contribution is 5.85. The molecule has 0 saturated carbocycles. The van der Waals surface area contributed by atoms with Crippen molar-refractivity contribution < 1.29 is 19.1 Å². The molecule has 0 bridgehead atoms. The largest absolute Gasteiger partial charge is 0.489 e. The number of amides is 2. The topological polar surface area (TPSA) is 76.7 Å². The van der Waals surface area contributed by atoms with Crippen LogP contribution < -0.4 is 15.4 Å². The minimum Gasteiger partial charge on any atom is -0.489 e. The van der Waals surface area contributed by atoms with Crippen LogP contribution in [-0.2, 0) is 9.53 Å². The van der Waals surface area contributed by atoms with Crippen molar-refractivity contribution in [1.29, 1.82) is 0 Å². The van der Waals surface area contributed by atoms with Crippen molar-refractivity contribution in [1.82, 2.24) is 10.6 Å². The van der Waals surface area contributed by atoms with Crippen molar-refractivity contribution in [3.05, 3.63) is 54.8 Å². The van der Waals surface area contributed by atoms with Crippen LogP contribution in [0.2, 0.25) is 0 Å². The number of carbonyl (C=O) groups excluding carboxylic acids is 2. The Kier molecular flexibility index (Phi) is 5.41. The molecule has 1 aromatic rings. The van der Waals surface area contributed by atoms with Gasteiger partial charge in [-0.1, -0.05) is 37.4 Å². The van der Waals surface area contributed by atoms with Gasteiger partial charge in [-0.15, -0.1) is 0 Å². The zero-order valence-corrected chi connectivity index (χ0v) is 13.0. The van der Waals surface area contributed by atoms with E-state index >= 15 is 0 Å². The third-order valence-corrected chi connectivity index (χ3v) is 3.42. The van der Waals surface area contributed by atoms with Gasteiger partial charge in [0.1, 0.15) is 18.3 Å². The molecule has 1 aromatic carbocycles. The Bertz CT molecular complexity index is 627. The van der Waals surface area contributed by atoms with E-state index in [0.29, 0.717) is 23.6 Å². The van der Waals surface area contributed by atoms with Crippen molar-refractivity contribution in [3.63, 3.8) is 0 Å². The van der Waals surface area contributed by atoms with Crippen molar-refractivity contribution in [2.24, 2.45) is 5.92 Å². The summed E-state index contributed by atoms with van der Waals surface area (Å²) in [5, 5.41) is 5.28. The van der Waals surface area contributed by atoms with Gasteiger partial charge in [0.15, 0.2) is 0 Å². The lowest BCUT2D eigenvalue weighted by atomic mass is 9.88. The van der Waals surface area contributed by atoms with E-state index in [1.807, 2.05) is 12.1 Å². The van der Waals surface area contributed by atoms with Crippen molar-refractivity contribution in [2.75, 3.05) is 13.2 Å². The van der Waals surface area contributed by atoms with Crippen molar-refractivity contribution >= 4 is 12.0 Å². The average Bonchev–Trinajstić information content (AvgIpc) is 2.52. The molecular weight excluding hydrogens is 296 g/mol. The van der Waals surface area contributed by atoms with Crippen LogP contribution in [-0.4, -0.2) is 25.2 Å². The summed E-state index contributed by atoms with van der Waals surface area (Å²) in [5.41, 5.74) is 0.985. The summed E-state index contributed by atoms with van der Waals surface area (Å²) in [6.45, 7) is 9.70. The lowest BCUT2D eigenvalue weighted by Gasteiger charge is -2.33. The zero-order valence-electron chi connectivity index (χ0n) is 13.0. The Morgan fingerprint density at radius 3 is 2.83 bits per heavy atom.